The summed E-state index contributed by atoms with van der Waals surface area (Å²) in [6.45, 7) is 8.99. The van der Waals surface area contributed by atoms with Crippen LogP contribution in [0, 0.1) is 5.92 Å². The van der Waals surface area contributed by atoms with Crippen LogP contribution in [-0.4, -0.2) is 81.9 Å². The molecule has 2 N–H and O–H groups in total. The van der Waals surface area contributed by atoms with Crippen molar-refractivity contribution in [2.75, 3.05) is 48.8 Å². The van der Waals surface area contributed by atoms with Crippen LogP contribution in [0.25, 0.3) is 0 Å². The van der Waals surface area contributed by atoms with Crippen LogP contribution in [0.2, 0.25) is 0 Å². The number of hydrogen-bond donors (Lipinski definition) is 2. The van der Waals surface area contributed by atoms with Crippen molar-refractivity contribution in [3.8, 4) is 0 Å². The van der Waals surface area contributed by atoms with E-state index in [1.165, 1.54) is 21.8 Å². The summed E-state index contributed by atoms with van der Waals surface area (Å²) >= 11 is 3.26. The molecular weight excluding hydrogens is 544 g/mol. The zero-order valence-electron chi connectivity index (χ0n) is 23.3. The van der Waals surface area contributed by atoms with E-state index in [4.69, 9.17) is 4.74 Å². The second-order valence-electron chi connectivity index (χ2n) is 10.6. The van der Waals surface area contributed by atoms with Gasteiger partial charge >= 0.3 is 0 Å². The Labute approximate surface area is 244 Å². The summed E-state index contributed by atoms with van der Waals surface area (Å²) in [5.41, 5.74) is 1.38. The van der Waals surface area contributed by atoms with Crippen molar-refractivity contribution in [3.05, 3.63) is 48.2 Å². The minimum atomic E-state index is -0.512. The van der Waals surface area contributed by atoms with E-state index in [2.05, 4.69) is 78.9 Å². The maximum atomic E-state index is 13.2. The predicted octanol–water partition coefficient (Wildman–Crippen LogP) is 4.39. The van der Waals surface area contributed by atoms with Gasteiger partial charge in [-0.3, -0.25) is 15.0 Å². The van der Waals surface area contributed by atoms with E-state index in [9.17, 15) is 4.79 Å². The van der Waals surface area contributed by atoms with Gasteiger partial charge < -0.3 is 15.0 Å². The van der Waals surface area contributed by atoms with Gasteiger partial charge in [0.15, 0.2) is 5.82 Å². The summed E-state index contributed by atoms with van der Waals surface area (Å²) in [5, 5.41) is 24.7. The molecule has 0 bridgehead atoms. The normalized spacial score (nSPS) is 19.2. The Bertz CT molecular complexity index is 1240. The van der Waals surface area contributed by atoms with Crippen LogP contribution in [-0.2, 0) is 16.1 Å². The van der Waals surface area contributed by atoms with Gasteiger partial charge in [0, 0.05) is 49.1 Å². The summed E-state index contributed by atoms with van der Waals surface area (Å²) in [6.07, 6.45) is 3.96. The van der Waals surface area contributed by atoms with Crippen LogP contribution in [0.4, 0.5) is 16.1 Å². The number of piperidine rings is 1. The van der Waals surface area contributed by atoms with Crippen LogP contribution in [0.15, 0.2) is 47.5 Å². The number of benzene rings is 1. The number of thioether (sulfide) groups is 1. The van der Waals surface area contributed by atoms with Gasteiger partial charge in [-0.2, -0.15) is 5.10 Å². The molecule has 0 spiro atoms. The van der Waals surface area contributed by atoms with Crippen molar-refractivity contribution in [1.82, 2.24) is 25.3 Å². The highest BCUT2D eigenvalue weighted by Gasteiger charge is 2.32. The first kappa shape index (κ1) is 28.7. The molecule has 2 saturated heterocycles. The minimum Gasteiger partial charge on any atom is -0.371 e. The molecule has 12 heteroatoms. The molecule has 0 saturated carbocycles. The number of rotatable bonds is 11. The number of methoxy groups -OCH3 is 1. The van der Waals surface area contributed by atoms with E-state index >= 15 is 0 Å². The Hall–Kier alpha value is -2.80. The van der Waals surface area contributed by atoms with Gasteiger partial charge in [0.1, 0.15) is 6.10 Å². The Morgan fingerprint density at radius 3 is 2.62 bits per heavy atom. The maximum Gasteiger partial charge on any atom is 0.255 e. The first-order chi connectivity index (χ1) is 19.5. The maximum absolute atomic E-state index is 13.2. The number of likely N-dealkylation sites (tertiary alicyclic amines) is 1. The number of nitrogens with zero attached hydrogens (tertiary/aromatic N) is 6. The van der Waals surface area contributed by atoms with Crippen molar-refractivity contribution in [3.63, 3.8) is 0 Å². The molecule has 2 atom stereocenters. The van der Waals surface area contributed by atoms with Crippen LogP contribution in [0.5, 0.6) is 0 Å². The smallest absolute Gasteiger partial charge is 0.255 e. The third kappa shape index (κ3) is 7.48. The number of nitrogens with one attached hydrogen (secondary N) is 2. The van der Waals surface area contributed by atoms with Crippen LogP contribution >= 0.6 is 23.1 Å². The van der Waals surface area contributed by atoms with Gasteiger partial charge in [-0.25, -0.2) is 0 Å². The molecule has 2 aliphatic heterocycles. The number of ether oxygens (including phenoxy) is 1. The Morgan fingerprint density at radius 1 is 1.07 bits per heavy atom. The van der Waals surface area contributed by atoms with Gasteiger partial charge in [-0.05, 0) is 62.0 Å². The summed E-state index contributed by atoms with van der Waals surface area (Å²) in [5.74, 6) is 0.887. The molecule has 10 nitrogen and oxygen atoms in total. The molecule has 1 aromatic carbocycles. The van der Waals surface area contributed by atoms with Gasteiger partial charge in [0.05, 0.1) is 0 Å². The number of aromatic nitrogens is 4. The molecule has 1 amide bonds. The topological polar surface area (TPSA) is 108 Å². The first-order valence-electron chi connectivity index (χ1n) is 13.9. The Kier molecular flexibility index (Phi) is 9.84. The lowest BCUT2D eigenvalue weighted by Gasteiger charge is -2.35. The molecule has 0 aliphatic carbocycles. The van der Waals surface area contributed by atoms with Gasteiger partial charge in [-0.1, -0.05) is 43.4 Å². The van der Waals surface area contributed by atoms with Crippen molar-refractivity contribution in [2.45, 2.75) is 61.9 Å². The molecule has 2 fully saturated rings. The fourth-order valence-corrected chi connectivity index (χ4v) is 7.08. The largest absolute Gasteiger partial charge is 0.371 e. The lowest BCUT2D eigenvalue weighted by Crippen LogP contribution is -2.43. The minimum absolute atomic E-state index is 0.156. The molecule has 214 valence electrons. The summed E-state index contributed by atoms with van der Waals surface area (Å²) in [4.78, 5) is 19.2. The average molecular weight is 583 g/mol. The standard InChI is InChI=1S/C28H38N8O2S2/c1-19(2)39-23-8-5-4-7-21(23)17-35-14-10-20(11-15-35)25(38-3)26(37)31-28-34-33-27(40-28)30-22-12-16-36(18-22)24-9-6-13-29-32-24/h4-9,13,19-20,22,25H,10-12,14-18H2,1-3H3,(H,30,33)(H,31,34,37)/t22-,25?/m1/s1. The van der Waals surface area contributed by atoms with E-state index in [1.54, 1.807) is 13.3 Å². The van der Waals surface area contributed by atoms with E-state index in [0.717, 1.165) is 57.8 Å². The number of anilines is 3. The fraction of sp³-hybridized carbons (Fsp3) is 0.536. The van der Waals surface area contributed by atoms with Crippen molar-refractivity contribution >= 4 is 45.1 Å². The van der Waals surface area contributed by atoms with Crippen molar-refractivity contribution in [1.29, 1.82) is 0 Å². The molecule has 2 aromatic heterocycles. The molecule has 40 heavy (non-hydrogen) atoms. The molecule has 0 radical (unpaired) electrons. The third-order valence-electron chi connectivity index (χ3n) is 7.36. The van der Waals surface area contributed by atoms with Gasteiger partial charge in [-0.15, -0.1) is 27.1 Å². The highest BCUT2D eigenvalue weighted by atomic mass is 32.2. The summed E-state index contributed by atoms with van der Waals surface area (Å²) < 4.78 is 5.70. The zero-order chi connectivity index (χ0) is 27.9. The van der Waals surface area contributed by atoms with Gasteiger partial charge in [0.2, 0.25) is 10.3 Å². The second kappa shape index (κ2) is 13.7. The SMILES string of the molecule is COC(C(=O)Nc1nnc(N[C@@H]2CCN(c3cccnn3)C2)s1)C1CCN(Cc2ccccc2SC(C)C)CC1. The molecule has 5 rings (SSSR count). The lowest BCUT2D eigenvalue weighted by atomic mass is 9.90. The molecule has 3 aromatic rings. The summed E-state index contributed by atoms with van der Waals surface area (Å²) in [7, 11) is 1.62. The van der Waals surface area contributed by atoms with Crippen LogP contribution < -0.4 is 15.5 Å². The lowest BCUT2D eigenvalue weighted by molar-refractivity contribution is -0.130. The van der Waals surface area contributed by atoms with Crippen molar-refractivity contribution in [2.24, 2.45) is 5.92 Å². The fourth-order valence-electron chi connectivity index (χ4n) is 5.40. The predicted molar refractivity (Wildman–Crippen MR) is 161 cm³/mol. The van der Waals surface area contributed by atoms with Gasteiger partial charge in [0.25, 0.3) is 5.91 Å². The highest BCUT2D eigenvalue weighted by Crippen LogP contribution is 2.30. The second-order valence-corrected chi connectivity index (χ2v) is 13.2. The van der Waals surface area contributed by atoms with E-state index in [-0.39, 0.29) is 17.9 Å². The molecule has 2 aliphatic rings. The highest BCUT2D eigenvalue weighted by molar-refractivity contribution is 8.00. The molecular formula is C28H38N8O2S2. The van der Waals surface area contributed by atoms with E-state index < -0.39 is 6.10 Å². The molecule has 4 heterocycles. The Balaban J connectivity index is 1.09. The monoisotopic (exact) mass is 582 g/mol. The van der Waals surface area contributed by atoms with Crippen LogP contribution in [0.1, 0.15) is 38.7 Å². The van der Waals surface area contributed by atoms with Crippen LogP contribution in [0.3, 0.4) is 0 Å². The van der Waals surface area contributed by atoms with E-state index in [1.807, 2.05) is 23.9 Å². The quantitative estimate of drug-likeness (QED) is 0.316. The Morgan fingerprint density at radius 2 is 1.88 bits per heavy atom. The first-order valence-corrected chi connectivity index (χ1v) is 15.6. The number of hydrogen-bond acceptors (Lipinski definition) is 11. The average Bonchev–Trinajstić information content (AvgIpc) is 3.61. The van der Waals surface area contributed by atoms with Crippen molar-refractivity contribution < 1.29 is 9.53 Å². The number of amides is 1. The number of carbonyl (C=O) groups excluding carboxylic acids is 1. The number of carbonyl (C=O) groups is 1. The zero-order valence-corrected chi connectivity index (χ0v) is 25.0. The van der Waals surface area contributed by atoms with E-state index in [0.29, 0.717) is 15.5 Å². The molecule has 1 unspecified atom stereocenters. The summed E-state index contributed by atoms with van der Waals surface area (Å²) in [6, 6.07) is 12.8. The third-order valence-corrected chi connectivity index (χ3v) is 9.25.